The molecule has 88 valence electrons. The third kappa shape index (κ3) is 2.30. The van der Waals surface area contributed by atoms with Gasteiger partial charge in [0.05, 0.1) is 5.92 Å². The van der Waals surface area contributed by atoms with E-state index >= 15 is 0 Å². The Kier molecular flexibility index (Phi) is 2.78. The molecule has 0 bridgehead atoms. The Balaban J connectivity index is 1.72. The van der Waals surface area contributed by atoms with Crippen LogP contribution in [0.2, 0.25) is 0 Å². The highest BCUT2D eigenvalue weighted by molar-refractivity contribution is 7.09. The van der Waals surface area contributed by atoms with Crippen LogP contribution in [0.4, 0.5) is 0 Å². The van der Waals surface area contributed by atoms with Crippen LogP contribution in [0, 0.1) is 0 Å². The zero-order chi connectivity index (χ0) is 11.7. The lowest BCUT2D eigenvalue weighted by Gasteiger charge is -2.01. The number of aromatic nitrogens is 2. The van der Waals surface area contributed by atoms with Gasteiger partial charge in [-0.1, -0.05) is 23.4 Å². The van der Waals surface area contributed by atoms with E-state index in [1.165, 1.54) is 4.88 Å². The Hall–Kier alpha value is -1.46. The van der Waals surface area contributed by atoms with Gasteiger partial charge in [-0.3, -0.25) is 0 Å². The van der Waals surface area contributed by atoms with E-state index in [2.05, 4.69) is 21.6 Å². The van der Waals surface area contributed by atoms with Gasteiger partial charge in [-0.2, -0.15) is 4.98 Å². The molecule has 0 radical (unpaired) electrons. The number of allylic oxidation sites excluding steroid dienone is 1. The highest BCUT2D eigenvalue weighted by Crippen LogP contribution is 2.26. The molecule has 0 amide bonds. The van der Waals surface area contributed by atoms with Gasteiger partial charge in [-0.25, -0.2) is 0 Å². The zero-order valence-corrected chi connectivity index (χ0v) is 10.1. The van der Waals surface area contributed by atoms with E-state index in [0.717, 1.165) is 18.7 Å². The number of nitrogens with zero attached hydrogens (tertiary/aromatic N) is 2. The minimum atomic E-state index is 0.118. The van der Waals surface area contributed by atoms with Crippen LogP contribution in [-0.4, -0.2) is 16.2 Å². The Morgan fingerprint density at radius 1 is 1.47 bits per heavy atom. The first-order valence-corrected chi connectivity index (χ1v) is 6.48. The molecule has 1 aliphatic rings. The second-order valence-corrected chi connectivity index (χ2v) is 5.23. The van der Waals surface area contributed by atoms with Crippen molar-refractivity contribution in [3.8, 4) is 0 Å². The summed E-state index contributed by atoms with van der Waals surface area (Å²) >= 11 is 1.70. The molecule has 1 aliphatic carbocycles. The van der Waals surface area contributed by atoms with E-state index in [1.54, 1.807) is 11.3 Å². The molecule has 5 heteroatoms. The lowest BCUT2D eigenvalue weighted by atomic mass is 10.1. The molecular weight excluding hydrogens is 234 g/mol. The van der Waals surface area contributed by atoms with Crippen LogP contribution in [0.15, 0.2) is 34.2 Å². The maximum atomic E-state index is 5.80. The molecule has 3 rings (SSSR count). The van der Waals surface area contributed by atoms with Crippen LogP contribution in [0.3, 0.4) is 0 Å². The summed E-state index contributed by atoms with van der Waals surface area (Å²) in [6, 6.07) is 4.22. The average molecular weight is 247 g/mol. The Morgan fingerprint density at radius 3 is 3.12 bits per heavy atom. The fourth-order valence-electron chi connectivity index (χ4n) is 1.97. The van der Waals surface area contributed by atoms with Gasteiger partial charge in [-0.15, -0.1) is 11.3 Å². The summed E-state index contributed by atoms with van der Waals surface area (Å²) in [5.41, 5.74) is 5.80. The smallest absolute Gasteiger partial charge is 0.233 e. The van der Waals surface area contributed by atoms with Gasteiger partial charge in [0.2, 0.25) is 5.89 Å². The molecule has 0 spiro atoms. The van der Waals surface area contributed by atoms with Gasteiger partial charge in [0.1, 0.15) is 0 Å². The SMILES string of the molecule is NC1C=CC(c2nc(Cc3cccs3)no2)C1. The molecule has 2 heterocycles. The van der Waals surface area contributed by atoms with Crippen molar-refractivity contribution in [2.24, 2.45) is 5.73 Å². The largest absolute Gasteiger partial charge is 0.339 e. The van der Waals surface area contributed by atoms with Gasteiger partial charge in [0.25, 0.3) is 0 Å². The van der Waals surface area contributed by atoms with Crippen LogP contribution in [0.1, 0.15) is 28.9 Å². The van der Waals surface area contributed by atoms with Crippen molar-refractivity contribution in [2.45, 2.75) is 24.8 Å². The molecular formula is C12H13N3OS. The van der Waals surface area contributed by atoms with Crippen LogP contribution in [0.25, 0.3) is 0 Å². The van der Waals surface area contributed by atoms with Crippen molar-refractivity contribution in [3.63, 3.8) is 0 Å². The van der Waals surface area contributed by atoms with E-state index < -0.39 is 0 Å². The van der Waals surface area contributed by atoms with Gasteiger partial charge < -0.3 is 10.3 Å². The van der Waals surface area contributed by atoms with Crippen molar-refractivity contribution in [2.75, 3.05) is 0 Å². The lowest BCUT2D eigenvalue weighted by molar-refractivity contribution is 0.360. The summed E-state index contributed by atoms with van der Waals surface area (Å²) < 4.78 is 5.28. The molecule has 2 aromatic rings. The van der Waals surface area contributed by atoms with Crippen molar-refractivity contribution in [3.05, 3.63) is 46.3 Å². The summed E-state index contributed by atoms with van der Waals surface area (Å²) in [5, 5.41) is 6.06. The molecule has 0 fully saturated rings. The van der Waals surface area contributed by atoms with Crippen LogP contribution < -0.4 is 5.73 Å². The second kappa shape index (κ2) is 4.43. The predicted molar refractivity (Wildman–Crippen MR) is 65.9 cm³/mol. The molecule has 2 unspecified atom stereocenters. The first-order chi connectivity index (χ1) is 8.31. The second-order valence-electron chi connectivity index (χ2n) is 4.20. The highest BCUT2D eigenvalue weighted by Gasteiger charge is 2.22. The van der Waals surface area contributed by atoms with Crippen LogP contribution in [-0.2, 0) is 6.42 Å². The monoisotopic (exact) mass is 247 g/mol. The summed E-state index contributed by atoms with van der Waals surface area (Å²) in [6.07, 6.45) is 5.64. The molecule has 0 saturated heterocycles. The summed E-state index contributed by atoms with van der Waals surface area (Å²) in [5.74, 6) is 1.62. The quantitative estimate of drug-likeness (QED) is 0.843. The number of hydrogen-bond donors (Lipinski definition) is 1. The van der Waals surface area contributed by atoms with E-state index in [1.807, 2.05) is 18.2 Å². The fraction of sp³-hybridized carbons (Fsp3) is 0.333. The number of nitrogens with two attached hydrogens (primary N) is 1. The van der Waals surface area contributed by atoms with E-state index in [0.29, 0.717) is 5.89 Å². The maximum Gasteiger partial charge on any atom is 0.233 e. The standard InChI is InChI=1S/C12H13N3OS/c13-9-4-3-8(6-9)12-14-11(15-16-12)7-10-2-1-5-17-10/h1-5,8-9H,6-7,13H2. The van der Waals surface area contributed by atoms with Crippen LogP contribution >= 0.6 is 11.3 Å². The first-order valence-electron chi connectivity index (χ1n) is 5.60. The Bertz CT molecular complexity index is 518. The molecule has 0 aliphatic heterocycles. The molecule has 2 N–H and O–H groups in total. The van der Waals surface area contributed by atoms with E-state index in [4.69, 9.17) is 10.3 Å². The fourth-order valence-corrected chi connectivity index (χ4v) is 2.67. The minimum absolute atomic E-state index is 0.118. The van der Waals surface area contributed by atoms with Gasteiger partial charge in [0, 0.05) is 17.3 Å². The van der Waals surface area contributed by atoms with Crippen molar-refractivity contribution in [1.29, 1.82) is 0 Å². The highest BCUT2D eigenvalue weighted by atomic mass is 32.1. The topological polar surface area (TPSA) is 64.9 Å². The summed E-state index contributed by atoms with van der Waals surface area (Å²) in [4.78, 5) is 5.67. The van der Waals surface area contributed by atoms with Gasteiger partial charge >= 0.3 is 0 Å². The maximum absolute atomic E-state index is 5.80. The molecule has 4 nitrogen and oxygen atoms in total. The van der Waals surface area contributed by atoms with Crippen molar-refractivity contribution in [1.82, 2.24) is 10.1 Å². The van der Waals surface area contributed by atoms with E-state index in [-0.39, 0.29) is 12.0 Å². The summed E-state index contributed by atoms with van der Waals surface area (Å²) in [7, 11) is 0. The zero-order valence-electron chi connectivity index (χ0n) is 9.24. The number of thiophene rings is 1. The average Bonchev–Trinajstić information content (AvgIpc) is 2.99. The number of rotatable bonds is 3. The third-order valence-electron chi connectivity index (χ3n) is 2.83. The van der Waals surface area contributed by atoms with Crippen molar-refractivity contribution < 1.29 is 4.52 Å². The molecule has 0 saturated carbocycles. The third-order valence-corrected chi connectivity index (χ3v) is 3.71. The van der Waals surface area contributed by atoms with E-state index in [9.17, 15) is 0 Å². The van der Waals surface area contributed by atoms with Gasteiger partial charge in [-0.05, 0) is 17.9 Å². The normalized spacial score (nSPS) is 23.4. The Morgan fingerprint density at radius 2 is 2.41 bits per heavy atom. The molecule has 0 aromatic carbocycles. The minimum Gasteiger partial charge on any atom is -0.339 e. The molecule has 17 heavy (non-hydrogen) atoms. The predicted octanol–water partition coefficient (Wildman–Crippen LogP) is 2.09. The molecule has 2 aromatic heterocycles. The van der Waals surface area contributed by atoms with Gasteiger partial charge in [0.15, 0.2) is 5.82 Å². The number of hydrogen-bond acceptors (Lipinski definition) is 5. The summed E-state index contributed by atoms with van der Waals surface area (Å²) in [6.45, 7) is 0. The van der Waals surface area contributed by atoms with Crippen molar-refractivity contribution >= 4 is 11.3 Å². The van der Waals surface area contributed by atoms with Crippen LogP contribution in [0.5, 0.6) is 0 Å². The lowest BCUT2D eigenvalue weighted by Crippen LogP contribution is -2.14. The Labute approximate surface area is 103 Å². The molecule has 2 atom stereocenters. The first kappa shape index (κ1) is 10.7.